The maximum absolute atomic E-state index is 12.7. The quantitative estimate of drug-likeness (QED) is 0.0348. The lowest BCUT2D eigenvalue weighted by molar-refractivity contribution is -0.163. The first-order chi connectivity index (χ1) is 28.6. The van der Waals surface area contributed by atoms with Crippen molar-refractivity contribution < 1.29 is 23.8 Å². The summed E-state index contributed by atoms with van der Waals surface area (Å²) < 4.78 is 17.3. The lowest BCUT2D eigenvalue weighted by Crippen LogP contribution is -2.30. The van der Waals surface area contributed by atoms with Crippen molar-refractivity contribution in [2.24, 2.45) is 0 Å². The molecule has 1 unspecified atom stereocenters. The molecule has 0 saturated heterocycles. The van der Waals surface area contributed by atoms with E-state index in [9.17, 15) is 9.59 Å². The van der Waals surface area contributed by atoms with E-state index < -0.39 is 6.10 Å². The molecule has 0 fully saturated rings. The van der Waals surface area contributed by atoms with Crippen LogP contribution in [0.2, 0.25) is 0 Å². The topological polar surface area (TPSA) is 61.8 Å². The summed E-state index contributed by atoms with van der Waals surface area (Å²) in [5.74, 6) is -0.407. The van der Waals surface area contributed by atoms with Crippen molar-refractivity contribution in [2.45, 2.75) is 258 Å². The highest BCUT2D eigenvalue weighted by Crippen LogP contribution is 2.14. The van der Waals surface area contributed by atoms with E-state index >= 15 is 0 Å². The van der Waals surface area contributed by atoms with Crippen LogP contribution in [0, 0.1) is 0 Å². The Morgan fingerprint density at radius 1 is 0.379 bits per heavy atom. The lowest BCUT2D eigenvalue weighted by atomic mass is 10.1. The average molecular weight is 813 g/mol. The number of unbranched alkanes of at least 4 members (excludes halogenated alkanes) is 27. The van der Waals surface area contributed by atoms with Gasteiger partial charge in [0.25, 0.3) is 0 Å². The fraction of sp³-hybridized carbons (Fsp3) is 0.811. The first-order valence-corrected chi connectivity index (χ1v) is 25.2. The van der Waals surface area contributed by atoms with Crippen LogP contribution < -0.4 is 0 Å². The van der Waals surface area contributed by atoms with E-state index in [0.29, 0.717) is 19.4 Å². The van der Waals surface area contributed by atoms with Gasteiger partial charge in [-0.05, 0) is 83.5 Å². The van der Waals surface area contributed by atoms with Gasteiger partial charge in [-0.3, -0.25) is 9.59 Å². The third-order valence-electron chi connectivity index (χ3n) is 10.8. The fourth-order valence-electron chi connectivity index (χ4n) is 7.04. The minimum atomic E-state index is -0.538. The van der Waals surface area contributed by atoms with E-state index in [4.69, 9.17) is 14.2 Å². The molecule has 0 saturated carbocycles. The molecule has 1 atom stereocenters. The third kappa shape index (κ3) is 46.5. The normalized spacial score (nSPS) is 12.5. The van der Waals surface area contributed by atoms with Crippen molar-refractivity contribution in [1.82, 2.24) is 0 Å². The molecule has 0 aromatic rings. The van der Waals surface area contributed by atoms with Crippen LogP contribution in [0.3, 0.4) is 0 Å². The predicted octanol–water partition coefficient (Wildman–Crippen LogP) is 16.8. The molecular formula is C53H96O5. The van der Waals surface area contributed by atoms with Gasteiger partial charge in [0.2, 0.25) is 0 Å². The Morgan fingerprint density at radius 3 is 1.17 bits per heavy atom. The summed E-state index contributed by atoms with van der Waals surface area (Å²) in [6, 6.07) is 0. The molecule has 0 aliphatic carbocycles. The Balaban J connectivity index is 4.12. The standard InChI is InChI=1S/C53H96O5/c1-4-7-10-13-16-18-20-22-24-26-27-28-29-31-33-35-38-40-43-46-52(54)57-50-51(58-53(55)47-44-41-37-15-12-9-6-3)49-56-48-45-42-39-36-34-32-30-25-23-21-19-17-14-11-8-5-2/h16-19,22-25,51H,4-15,20-21,26-50H2,1-3H3/b18-16-,19-17-,24-22-,25-23-. The molecule has 58 heavy (non-hydrogen) atoms. The molecule has 338 valence electrons. The number of rotatable bonds is 46. The number of hydrogen-bond donors (Lipinski definition) is 0. The predicted molar refractivity (Wildman–Crippen MR) is 251 cm³/mol. The zero-order chi connectivity index (χ0) is 42.1. The van der Waals surface area contributed by atoms with E-state index in [-0.39, 0.29) is 25.2 Å². The molecule has 0 aliphatic heterocycles. The van der Waals surface area contributed by atoms with Crippen LogP contribution in [0.25, 0.3) is 0 Å². The smallest absolute Gasteiger partial charge is 0.306 e. The number of carbonyl (C=O) groups excluding carboxylic acids is 2. The molecule has 0 aromatic carbocycles. The van der Waals surface area contributed by atoms with Gasteiger partial charge in [-0.25, -0.2) is 0 Å². The molecule has 5 heteroatoms. The van der Waals surface area contributed by atoms with E-state index in [1.54, 1.807) is 0 Å². The number of esters is 2. The SMILES string of the molecule is CCCCC/C=C\C/C=C\CCCCCCCCCCCC(=O)OCC(COCCCCCCCC/C=C\C/C=C\CCCCC)OC(=O)CCCCCCCCC. The molecule has 0 N–H and O–H groups in total. The zero-order valence-corrected chi connectivity index (χ0v) is 38.8. The van der Waals surface area contributed by atoms with Crippen LogP contribution in [0.15, 0.2) is 48.6 Å². The van der Waals surface area contributed by atoms with E-state index in [0.717, 1.165) is 51.4 Å². The van der Waals surface area contributed by atoms with Crippen LogP contribution in [0.5, 0.6) is 0 Å². The summed E-state index contributed by atoms with van der Waals surface area (Å²) in [6.45, 7) is 7.74. The molecule has 0 rings (SSSR count). The molecule has 0 aliphatic rings. The highest BCUT2D eigenvalue weighted by Gasteiger charge is 2.17. The minimum absolute atomic E-state index is 0.0806. The Bertz CT molecular complexity index is 966. The van der Waals surface area contributed by atoms with Crippen molar-refractivity contribution in [3.05, 3.63) is 48.6 Å². The van der Waals surface area contributed by atoms with E-state index in [1.165, 1.54) is 167 Å². The number of ether oxygens (including phenoxy) is 3. The first kappa shape index (κ1) is 55.9. The van der Waals surface area contributed by atoms with Gasteiger partial charge in [0.15, 0.2) is 6.10 Å². The van der Waals surface area contributed by atoms with Gasteiger partial charge in [-0.15, -0.1) is 0 Å². The molecule has 0 heterocycles. The highest BCUT2D eigenvalue weighted by atomic mass is 16.6. The molecule has 0 spiro atoms. The highest BCUT2D eigenvalue weighted by molar-refractivity contribution is 5.70. The van der Waals surface area contributed by atoms with Gasteiger partial charge in [-0.2, -0.15) is 0 Å². The van der Waals surface area contributed by atoms with Crippen LogP contribution in [-0.2, 0) is 23.8 Å². The zero-order valence-electron chi connectivity index (χ0n) is 38.8. The van der Waals surface area contributed by atoms with Crippen molar-refractivity contribution in [2.75, 3.05) is 19.8 Å². The van der Waals surface area contributed by atoms with E-state index in [1.807, 2.05) is 0 Å². The molecule has 0 aromatic heterocycles. The third-order valence-corrected chi connectivity index (χ3v) is 10.8. The van der Waals surface area contributed by atoms with Crippen LogP contribution in [0.4, 0.5) is 0 Å². The average Bonchev–Trinajstić information content (AvgIpc) is 3.22. The molecule has 0 radical (unpaired) electrons. The second-order valence-corrected chi connectivity index (χ2v) is 16.7. The number of allylic oxidation sites excluding steroid dienone is 8. The summed E-state index contributed by atoms with van der Waals surface area (Å²) in [5.41, 5.74) is 0. The van der Waals surface area contributed by atoms with Gasteiger partial charge >= 0.3 is 11.9 Å². The number of carbonyl (C=O) groups is 2. The van der Waals surface area contributed by atoms with Crippen molar-refractivity contribution >= 4 is 11.9 Å². The summed E-state index contributed by atoms with van der Waals surface area (Å²) in [5, 5.41) is 0. The maximum Gasteiger partial charge on any atom is 0.306 e. The molecular weight excluding hydrogens is 717 g/mol. The summed E-state index contributed by atoms with van der Waals surface area (Å²) >= 11 is 0. The van der Waals surface area contributed by atoms with Gasteiger partial charge in [-0.1, -0.05) is 204 Å². The van der Waals surface area contributed by atoms with Gasteiger partial charge in [0.1, 0.15) is 6.61 Å². The first-order valence-electron chi connectivity index (χ1n) is 25.2. The number of hydrogen-bond acceptors (Lipinski definition) is 5. The maximum atomic E-state index is 12.7. The second kappa shape index (κ2) is 49.2. The largest absolute Gasteiger partial charge is 0.462 e. The van der Waals surface area contributed by atoms with Gasteiger partial charge in [0.05, 0.1) is 6.61 Å². The Morgan fingerprint density at radius 2 is 0.724 bits per heavy atom. The lowest BCUT2D eigenvalue weighted by Gasteiger charge is -2.18. The Labute approximate surface area is 361 Å². The van der Waals surface area contributed by atoms with Crippen LogP contribution in [-0.4, -0.2) is 37.9 Å². The van der Waals surface area contributed by atoms with Crippen molar-refractivity contribution in [1.29, 1.82) is 0 Å². The molecule has 0 amide bonds. The Hall–Kier alpha value is -2.14. The van der Waals surface area contributed by atoms with Crippen LogP contribution in [0.1, 0.15) is 252 Å². The Kier molecular flexibility index (Phi) is 47.4. The summed E-state index contributed by atoms with van der Waals surface area (Å²) in [6.07, 6.45) is 59.8. The van der Waals surface area contributed by atoms with Crippen molar-refractivity contribution in [3.8, 4) is 0 Å². The summed E-state index contributed by atoms with van der Waals surface area (Å²) in [7, 11) is 0. The van der Waals surface area contributed by atoms with Crippen LogP contribution >= 0.6 is 0 Å². The molecule has 0 bridgehead atoms. The van der Waals surface area contributed by atoms with E-state index in [2.05, 4.69) is 69.4 Å². The van der Waals surface area contributed by atoms with Gasteiger partial charge < -0.3 is 14.2 Å². The van der Waals surface area contributed by atoms with Crippen molar-refractivity contribution in [3.63, 3.8) is 0 Å². The fourth-order valence-corrected chi connectivity index (χ4v) is 7.04. The second-order valence-electron chi connectivity index (χ2n) is 16.7. The monoisotopic (exact) mass is 813 g/mol. The summed E-state index contributed by atoms with van der Waals surface area (Å²) in [4.78, 5) is 25.2. The molecule has 5 nitrogen and oxygen atoms in total. The van der Waals surface area contributed by atoms with Gasteiger partial charge in [0, 0.05) is 19.4 Å². The minimum Gasteiger partial charge on any atom is -0.462 e.